The Balaban J connectivity index is 1.47. The molecule has 4 heterocycles. The summed E-state index contributed by atoms with van der Waals surface area (Å²) in [5, 5.41) is 9.31. The van der Waals surface area contributed by atoms with Crippen molar-refractivity contribution in [3.63, 3.8) is 0 Å². The van der Waals surface area contributed by atoms with Crippen molar-refractivity contribution in [1.29, 1.82) is 0 Å². The molecule has 2 saturated heterocycles. The molecule has 0 radical (unpaired) electrons. The first-order valence-electron chi connectivity index (χ1n) is 14.0. The molecular weight excluding hydrogens is 493 g/mol. The molecule has 2 aromatic heterocycles. The summed E-state index contributed by atoms with van der Waals surface area (Å²) in [6.07, 6.45) is 6.11. The van der Waals surface area contributed by atoms with Crippen LogP contribution in [-0.2, 0) is 0 Å². The number of carboxylic acid groups (broad SMARTS) is 1. The number of benzene rings is 1. The number of aromatic carboxylic acids is 1. The molecule has 3 aromatic rings. The van der Waals surface area contributed by atoms with E-state index in [1.54, 1.807) is 13.0 Å². The van der Waals surface area contributed by atoms with E-state index in [0.717, 1.165) is 73.2 Å². The van der Waals surface area contributed by atoms with Gasteiger partial charge in [-0.15, -0.1) is 0 Å². The molecule has 5 rings (SSSR count). The summed E-state index contributed by atoms with van der Waals surface area (Å²) in [6, 6.07) is 12.0. The van der Waals surface area contributed by atoms with Crippen LogP contribution in [0.25, 0.3) is 11.3 Å². The Morgan fingerprint density at radius 3 is 2.56 bits per heavy atom. The van der Waals surface area contributed by atoms with E-state index in [1.807, 2.05) is 19.1 Å². The highest BCUT2D eigenvalue weighted by Gasteiger charge is 2.29. The number of nitrogens with zero attached hydrogens (tertiary/aromatic N) is 5. The Morgan fingerprint density at radius 2 is 1.87 bits per heavy atom. The van der Waals surface area contributed by atoms with E-state index < -0.39 is 5.97 Å². The number of piperidine rings is 1. The van der Waals surface area contributed by atoms with Gasteiger partial charge in [0, 0.05) is 61.8 Å². The van der Waals surface area contributed by atoms with Gasteiger partial charge in [0.2, 0.25) is 0 Å². The van der Waals surface area contributed by atoms with Gasteiger partial charge in [0.15, 0.2) is 0 Å². The Hall–Kier alpha value is -3.68. The van der Waals surface area contributed by atoms with Crippen LogP contribution in [0.4, 0.5) is 21.7 Å². The number of rotatable bonds is 6. The summed E-state index contributed by atoms with van der Waals surface area (Å²) in [5.74, 6) is 0.660. The van der Waals surface area contributed by atoms with Gasteiger partial charge >= 0.3 is 5.97 Å². The van der Waals surface area contributed by atoms with Crippen LogP contribution in [0, 0.1) is 19.7 Å². The predicted octanol–water partition coefficient (Wildman–Crippen LogP) is 6.08. The molecule has 0 spiro atoms. The highest BCUT2D eigenvalue weighted by Crippen LogP contribution is 2.34. The van der Waals surface area contributed by atoms with Crippen molar-refractivity contribution < 1.29 is 14.3 Å². The van der Waals surface area contributed by atoms with Crippen LogP contribution < -0.4 is 14.7 Å². The molecule has 206 valence electrons. The van der Waals surface area contributed by atoms with Gasteiger partial charge in [-0.2, -0.15) is 0 Å². The third-order valence-corrected chi connectivity index (χ3v) is 8.20. The second-order valence-electron chi connectivity index (χ2n) is 10.9. The number of carboxylic acids is 1. The molecule has 2 fully saturated rings. The van der Waals surface area contributed by atoms with Crippen molar-refractivity contribution in [2.45, 2.75) is 65.5 Å². The van der Waals surface area contributed by atoms with E-state index in [1.165, 1.54) is 25.1 Å². The highest BCUT2D eigenvalue weighted by atomic mass is 19.1. The van der Waals surface area contributed by atoms with E-state index in [9.17, 15) is 14.3 Å². The monoisotopic (exact) mass is 531 g/mol. The zero-order valence-corrected chi connectivity index (χ0v) is 23.3. The number of pyridine rings is 2. The van der Waals surface area contributed by atoms with Crippen LogP contribution in [0.1, 0.15) is 61.0 Å². The number of carbonyl (C=O) groups is 1. The molecular formula is C31H38FN5O2. The van der Waals surface area contributed by atoms with Gasteiger partial charge in [0.25, 0.3) is 0 Å². The first-order valence-corrected chi connectivity index (χ1v) is 14.0. The number of aryl methyl sites for hydroxylation is 2. The van der Waals surface area contributed by atoms with Crippen LogP contribution in [0.15, 0.2) is 42.6 Å². The summed E-state index contributed by atoms with van der Waals surface area (Å²) >= 11 is 0. The largest absolute Gasteiger partial charge is 0.478 e. The smallest absolute Gasteiger partial charge is 0.337 e. The number of hydrogen-bond acceptors (Lipinski definition) is 6. The number of hydrogen-bond donors (Lipinski definition) is 1. The summed E-state index contributed by atoms with van der Waals surface area (Å²) < 4.78 is 14.1. The Labute approximate surface area is 230 Å². The summed E-state index contributed by atoms with van der Waals surface area (Å²) in [6.45, 7) is 11.5. The quantitative estimate of drug-likeness (QED) is 0.413. The molecule has 2 atom stereocenters. The molecule has 0 aliphatic carbocycles. The predicted molar refractivity (Wildman–Crippen MR) is 155 cm³/mol. The number of aromatic nitrogens is 2. The van der Waals surface area contributed by atoms with Gasteiger partial charge in [-0.25, -0.2) is 19.2 Å². The second kappa shape index (κ2) is 11.2. The van der Waals surface area contributed by atoms with Crippen molar-refractivity contribution >= 4 is 23.3 Å². The number of piperazine rings is 1. The van der Waals surface area contributed by atoms with Crippen LogP contribution in [0.5, 0.6) is 0 Å². The van der Waals surface area contributed by atoms with Crippen molar-refractivity contribution in [2.75, 3.05) is 40.9 Å². The first-order chi connectivity index (χ1) is 18.7. The second-order valence-corrected chi connectivity index (χ2v) is 10.9. The normalized spacial score (nSPS) is 19.9. The third kappa shape index (κ3) is 5.56. The zero-order chi connectivity index (χ0) is 27.7. The molecule has 0 saturated carbocycles. The Kier molecular flexibility index (Phi) is 7.73. The van der Waals surface area contributed by atoms with E-state index in [2.05, 4.69) is 45.7 Å². The first kappa shape index (κ1) is 26.9. The van der Waals surface area contributed by atoms with Crippen molar-refractivity contribution in [3.05, 3.63) is 65.1 Å². The molecule has 39 heavy (non-hydrogen) atoms. The van der Waals surface area contributed by atoms with Gasteiger partial charge in [-0.1, -0.05) is 6.92 Å². The van der Waals surface area contributed by atoms with E-state index in [0.29, 0.717) is 11.6 Å². The number of anilines is 3. The van der Waals surface area contributed by atoms with Crippen LogP contribution >= 0.6 is 0 Å². The molecule has 8 heteroatoms. The fourth-order valence-electron chi connectivity index (χ4n) is 6.04. The Bertz CT molecular complexity index is 1360. The molecule has 0 amide bonds. The molecule has 7 nitrogen and oxygen atoms in total. The fraction of sp³-hybridized carbons (Fsp3) is 0.452. The van der Waals surface area contributed by atoms with E-state index >= 15 is 0 Å². The van der Waals surface area contributed by atoms with Crippen molar-refractivity contribution in [3.8, 4) is 11.3 Å². The molecule has 2 aliphatic rings. The van der Waals surface area contributed by atoms with Gasteiger partial charge in [-0.05, 0) is 87.9 Å². The lowest BCUT2D eigenvalue weighted by Gasteiger charge is -2.43. The fourth-order valence-corrected chi connectivity index (χ4v) is 6.04. The highest BCUT2D eigenvalue weighted by molar-refractivity contribution is 5.87. The lowest BCUT2D eigenvalue weighted by Crippen LogP contribution is -2.52. The minimum Gasteiger partial charge on any atom is -0.478 e. The maximum atomic E-state index is 14.1. The average Bonchev–Trinajstić information content (AvgIpc) is 2.94. The molecule has 0 bridgehead atoms. The number of halogens is 1. The van der Waals surface area contributed by atoms with Gasteiger partial charge in [0.05, 0.1) is 11.3 Å². The topological polar surface area (TPSA) is 72.8 Å². The molecule has 1 N–H and O–H groups in total. The minimum absolute atomic E-state index is 0.195. The lowest BCUT2D eigenvalue weighted by atomic mass is 9.99. The summed E-state index contributed by atoms with van der Waals surface area (Å²) in [5.41, 5.74) is 4.60. The summed E-state index contributed by atoms with van der Waals surface area (Å²) in [4.78, 5) is 28.1. The molecule has 1 aromatic carbocycles. The standard InChI is InChI=1S/C31H38FN5O2/c1-5-25-8-6-7-11-37(25)29-17-26(16-28(34-29)23-9-10-27(32)20(2)14-23)36-13-12-35(19-22(36)4)30-21(3)15-24(18-33-30)31(38)39/h9-10,14-18,22,25H,5-8,11-13,19H2,1-4H3,(H,38,39). The van der Waals surface area contributed by atoms with Gasteiger partial charge < -0.3 is 19.8 Å². The lowest BCUT2D eigenvalue weighted by molar-refractivity contribution is 0.0696. The molecule has 2 unspecified atom stereocenters. The molecule has 2 aliphatic heterocycles. The maximum absolute atomic E-state index is 14.1. The van der Waals surface area contributed by atoms with Crippen molar-refractivity contribution in [1.82, 2.24) is 9.97 Å². The van der Waals surface area contributed by atoms with Crippen LogP contribution in [-0.4, -0.2) is 59.3 Å². The average molecular weight is 532 g/mol. The maximum Gasteiger partial charge on any atom is 0.337 e. The van der Waals surface area contributed by atoms with Gasteiger partial charge in [-0.3, -0.25) is 0 Å². The summed E-state index contributed by atoms with van der Waals surface area (Å²) in [7, 11) is 0. The Morgan fingerprint density at radius 1 is 1.05 bits per heavy atom. The van der Waals surface area contributed by atoms with Gasteiger partial charge in [0.1, 0.15) is 17.5 Å². The SMILES string of the molecule is CCC1CCCCN1c1cc(N2CCN(c3ncc(C(=O)O)cc3C)CC2C)cc(-c2ccc(F)c(C)c2)n1. The van der Waals surface area contributed by atoms with E-state index in [4.69, 9.17) is 4.98 Å². The third-order valence-electron chi connectivity index (χ3n) is 8.20. The minimum atomic E-state index is -0.963. The van der Waals surface area contributed by atoms with Crippen molar-refractivity contribution in [2.24, 2.45) is 0 Å². The van der Waals surface area contributed by atoms with Crippen LogP contribution in [0.3, 0.4) is 0 Å². The van der Waals surface area contributed by atoms with Crippen LogP contribution in [0.2, 0.25) is 0 Å². The zero-order valence-electron chi connectivity index (χ0n) is 23.3. The van der Waals surface area contributed by atoms with E-state index in [-0.39, 0.29) is 17.4 Å².